The fourth-order valence-electron chi connectivity index (χ4n) is 2.86. The average molecular weight is 330 g/mol. The maximum Gasteiger partial charge on any atom is 0.251 e. The largest absolute Gasteiger partial charge is 0.490 e. The van der Waals surface area contributed by atoms with E-state index in [0.29, 0.717) is 23.9 Å². The van der Waals surface area contributed by atoms with E-state index in [1.54, 1.807) is 6.07 Å². The number of carbonyl (C=O) groups is 1. The van der Waals surface area contributed by atoms with Crippen molar-refractivity contribution < 1.29 is 9.53 Å². The molecule has 4 heteroatoms. The highest BCUT2D eigenvalue weighted by atomic mass is 35.5. The molecule has 2 aromatic carbocycles. The van der Waals surface area contributed by atoms with Gasteiger partial charge in [0.05, 0.1) is 11.6 Å². The van der Waals surface area contributed by atoms with Crippen molar-refractivity contribution in [1.29, 1.82) is 0 Å². The second-order valence-corrected chi connectivity index (χ2v) is 6.13. The number of para-hydroxylation sites is 1. The monoisotopic (exact) mass is 329 g/mol. The number of halogens is 1. The summed E-state index contributed by atoms with van der Waals surface area (Å²) >= 11 is 6.02. The first-order valence-corrected chi connectivity index (χ1v) is 8.39. The zero-order valence-electron chi connectivity index (χ0n) is 13.0. The fraction of sp³-hybridized carbons (Fsp3) is 0.316. The lowest BCUT2D eigenvalue weighted by Crippen LogP contribution is -2.28. The molecule has 0 spiro atoms. The minimum absolute atomic E-state index is 0.0545. The molecule has 0 bridgehead atoms. The van der Waals surface area contributed by atoms with Crippen molar-refractivity contribution in [2.45, 2.75) is 25.7 Å². The van der Waals surface area contributed by atoms with E-state index in [1.807, 2.05) is 30.3 Å². The number of amides is 1. The van der Waals surface area contributed by atoms with Crippen LogP contribution in [0.25, 0.3) is 0 Å². The predicted octanol–water partition coefficient (Wildman–Crippen LogP) is 4.03. The van der Waals surface area contributed by atoms with Crippen LogP contribution in [0.5, 0.6) is 5.75 Å². The normalized spacial score (nSPS) is 13.3. The molecule has 2 aromatic rings. The van der Waals surface area contributed by atoms with Crippen molar-refractivity contribution in [2.24, 2.45) is 0 Å². The van der Waals surface area contributed by atoms with Crippen LogP contribution in [0.3, 0.4) is 0 Å². The van der Waals surface area contributed by atoms with Gasteiger partial charge in [0.2, 0.25) is 0 Å². The summed E-state index contributed by atoms with van der Waals surface area (Å²) in [6.07, 6.45) is 4.66. The summed E-state index contributed by atoms with van der Waals surface area (Å²) in [6, 6.07) is 13.3. The Hall–Kier alpha value is -2.00. The molecule has 120 valence electrons. The van der Waals surface area contributed by atoms with Gasteiger partial charge in [-0.05, 0) is 61.1 Å². The Morgan fingerprint density at radius 1 is 1.09 bits per heavy atom. The van der Waals surface area contributed by atoms with Crippen molar-refractivity contribution in [1.82, 2.24) is 5.32 Å². The SMILES string of the molecule is O=C(NCCOc1ccccc1Cl)c1ccc2c(c1)CCCC2. The van der Waals surface area contributed by atoms with Crippen molar-refractivity contribution >= 4 is 17.5 Å². The number of aryl methyl sites for hydroxylation is 2. The molecular weight excluding hydrogens is 310 g/mol. The summed E-state index contributed by atoms with van der Waals surface area (Å²) in [6.45, 7) is 0.835. The quantitative estimate of drug-likeness (QED) is 0.841. The third-order valence-corrected chi connectivity index (χ3v) is 4.40. The Morgan fingerprint density at radius 3 is 2.70 bits per heavy atom. The minimum atomic E-state index is -0.0545. The van der Waals surface area contributed by atoms with Crippen LogP contribution in [-0.4, -0.2) is 19.1 Å². The number of hydrogen-bond acceptors (Lipinski definition) is 2. The van der Waals surface area contributed by atoms with Gasteiger partial charge in [0.25, 0.3) is 5.91 Å². The van der Waals surface area contributed by atoms with Crippen LogP contribution < -0.4 is 10.1 Å². The molecule has 3 rings (SSSR count). The first-order valence-electron chi connectivity index (χ1n) is 8.01. The van der Waals surface area contributed by atoms with E-state index in [2.05, 4.69) is 11.4 Å². The summed E-state index contributed by atoms with van der Waals surface area (Å²) in [5.41, 5.74) is 3.43. The van der Waals surface area contributed by atoms with Gasteiger partial charge in [-0.1, -0.05) is 29.8 Å². The van der Waals surface area contributed by atoms with E-state index in [9.17, 15) is 4.79 Å². The number of rotatable bonds is 5. The smallest absolute Gasteiger partial charge is 0.251 e. The fourth-order valence-corrected chi connectivity index (χ4v) is 3.05. The van der Waals surface area contributed by atoms with Gasteiger partial charge in [-0.2, -0.15) is 0 Å². The summed E-state index contributed by atoms with van der Waals surface area (Å²) < 4.78 is 5.57. The summed E-state index contributed by atoms with van der Waals surface area (Å²) in [4.78, 5) is 12.2. The van der Waals surface area contributed by atoms with Gasteiger partial charge >= 0.3 is 0 Å². The molecule has 0 fully saturated rings. The van der Waals surface area contributed by atoms with Gasteiger partial charge in [0.15, 0.2) is 0 Å². The van der Waals surface area contributed by atoms with Crippen molar-refractivity contribution in [3.8, 4) is 5.75 Å². The standard InChI is InChI=1S/C19H20ClNO2/c20-17-7-3-4-8-18(17)23-12-11-21-19(22)16-10-9-14-5-1-2-6-15(14)13-16/h3-4,7-10,13H,1-2,5-6,11-12H2,(H,21,22). The summed E-state index contributed by atoms with van der Waals surface area (Å²) in [5, 5.41) is 3.47. The lowest BCUT2D eigenvalue weighted by Gasteiger charge is -2.16. The van der Waals surface area contributed by atoms with Crippen LogP contribution in [0.15, 0.2) is 42.5 Å². The highest BCUT2D eigenvalue weighted by molar-refractivity contribution is 6.32. The van der Waals surface area contributed by atoms with Crippen LogP contribution in [0.1, 0.15) is 34.3 Å². The Labute approximate surface area is 141 Å². The third kappa shape index (κ3) is 4.05. The molecular formula is C19H20ClNO2. The van der Waals surface area contributed by atoms with E-state index in [-0.39, 0.29) is 5.91 Å². The van der Waals surface area contributed by atoms with E-state index in [0.717, 1.165) is 18.4 Å². The molecule has 0 heterocycles. The van der Waals surface area contributed by atoms with Crippen LogP contribution in [0.2, 0.25) is 5.02 Å². The zero-order chi connectivity index (χ0) is 16.1. The number of fused-ring (bicyclic) bond motifs is 1. The molecule has 0 unspecified atom stereocenters. The first kappa shape index (κ1) is 15.9. The highest BCUT2D eigenvalue weighted by Crippen LogP contribution is 2.23. The second-order valence-electron chi connectivity index (χ2n) is 5.73. The van der Waals surface area contributed by atoms with E-state index >= 15 is 0 Å². The molecule has 0 saturated heterocycles. The highest BCUT2D eigenvalue weighted by Gasteiger charge is 2.12. The van der Waals surface area contributed by atoms with Crippen molar-refractivity contribution in [3.63, 3.8) is 0 Å². The topological polar surface area (TPSA) is 38.3 Å². The molecule has 1 aliphatic carbocycles. The molecule has 0 atom stereocenters. The van der Waals surface area contributed by atoms with Crippen LogP contribution in [-0.2, 0) is 12.8 Å². The Kier molecular flexibility index (Phi) is 5.19. The van der Waals surface area contributed by atoms with Gasteiger partial charge in [-0.3, -0.25) is 4.79 Å². The number of carbonyl (C=O) groups excluding carboxylic acids is 1. The van der Waals surface area contributed by atoms with Gasteiger partial charge in [-0.15, -0.1) is 0 Å². The third-order valence-electron chi connectivity index (χ3n) is 4.09. The Bertz CT molecular complexity index is 700. The minimum Gasteiger partial charge on any atom is -0.490 e. The average Bonchev–Trinajstić information content (AvgIpc) is 2.59. The molecule has 1 amide bonds. The van der Waals surface area contributed by atoms with E-state index in [4.69, 9.17) is 16.3 Å². The predicted molar refractivity (Wildman–Crippen MR) is 92.4 cm³/mol. The Balaban J connectivity index is 1.51. The van der Waals surface area contributed by atoms with Gasteiger partial charge < -0.3 is 10.1 Å². The van der Waals surface area contributed by atoms with Gasteiger partial charge in [0, 0.05) is 5.56 Å². The van der Waals surface area contributed by atoms with Crippen LogP contribution >= 0.6 is 11.6 Å². The molecule has 1 aliphatic rings. The Morgan fingerprint density at radius 2 is 1.87 bits per heavy atom. The molecule has 0 radical (unpaired) electrons. The lowest BCUT2D eigenvalue weighted by atomic mass is 9.90. The molecule has 0 aromatic heterocycles. The van der Waals surface area contributed by atoms with E-state index in [1.165, 1.54) is 24.0 Å². The van der Waals surface area contributed by atoms with Gasteiger partial charge in [-0.25, -0.2) is 0 Å². The summed E-state index contributed by atoms with van der Waals surface area (Å²) in [7, 11) is 0. The van der Waals surface area contributed by atoms with Crippen molar-refractivity contribution in [3.05, 3.63) is 64.2 Å². The molecule has 0 saturated carbocycles. The number of nitrogens with one attached hydrogen (secondary N) is 1. The number of benzene rings is 2. The second kappa shape index (κ2) is 7.51. The maximum atomic E-state index is 12.2. The number of ether oxygens (including phenoxy) is 1. The maximum absolute atomic E-state index is 12.2. The molecule has 0 aliphatic heterocycles. The molecule has 23 heavy (non-hydrogen) atoms. The first-order chi connectivity index (χ1) is 11.2. The molecule has 3 nitrogen and oxygen atoms in total. The number of hydrogen-bond donors (Lipinski definition) is 1. The van der Waals surface area contributed by atoms with E-state index < -0.39 is 0 Å². The molecule has 1 N–H and O–H groups in total. The van der Waals surface area contributed by atoms with Gasteiger partial charge in [0.1, 0.15) is 12.4 Å². The van der Waals surface area contributed by atoms with Crippen LogP contribution in [0.4, 0.5) is 0 Å². The summed E-state index contributed by atoms with van der Waals surface area (Å²) in [5.74, 6) is 0.582. The zero-order valence-corrected chi connectivity index (χ0v) is 13.7. The lowest BCUT2D eigenvalue weighted by molar-refractivity contribution is 0.0947. The van der Waals surface area contributed by atoms with Crippen LogP contribution in [0, 0.1) is 0 Å². The van der Waals surface area contributed by atoms with Crippen molar-refractivity contribution in [2.75, 3.05) is 13.2 Å².